The maximum absolute atomic E-state index is 11.4. The third-order valence-electron chi connectivity index (χ3n) is 2.67. The topological polar surface area (TPSA) is 63.2 Å². The molecule has 0 aliphatic rings. The van der Waals surface area contributed by atoms with Crippen molar-refractivity contribution in [2.45, 2.75) is 6.54 Å². The van der Waals surface area contributed by atoms with Crippen molar-refractivity contribution in [3.63, 3.8) is 0 Å². The Morgan fingerprint density at radius 1 is 1.45 bits per heavy atom. The number of thiazole rings is 1. The van der Waals surface area contributed by atoms with Crippen LogP contribution in [0.25, 0.3) is 10.6 Å². The molecule has 0 bridgehead atoms. The molecule has 2 aromatic rings. The molecular formula is C14H17N3O2S. The van der Waals surface area contributed by atoms with Gasteiger partial charge in [-0.15, -0.1) is 11.3 Å². The molecule has 1 heterocycles. The summed E-state index contributed by atoms with van der Waals surface area (Å²) >= 11 is 1.56. The molecule has 2 rings (SSSR count). The average molecular weight is 291 g/mol. The normalized spacial score (nSPS) is 10.3. The third-order valence-corrected chi connectivity index (χ3v) is 3.71. The van der Waals surface area contributed by atoms with Gasteiger partial charge in [-0.1, -0.05) is 12.1 Å². The molecule has 0 atom stereocenters. The quantitative estimate of drug-likeness (QED) is 0.849. The number of ether oxygens (including phenoxy) is 1. The van der Waals surface area contributed by atoms with Gasteiger partial charge in [0.15, 0.2) is 0 Å². The summed E-state index contributed by atoms with van der Waals surface area (Å²) in [6.45, 7) is 0.823. The van der Waals surface area contributed by atoms with Crippen LogP contribution in [0.15, 0.2) is 30.5 Å². The molecule has 0 saturated carbocycles. The number of nitrogens with zero attached hydrogens (tertiary/aromatic N) is 1. The Hall–Kier alpha value is -1.92. The van der Waals surface area contributed by atoms with Crippen LogP contribution in [0.1, 0.15) is 4.88 Å². The predicted molar refractivity (Wildman–Crippen MR) is 79.9 cm³/mol. The van der Waals surface area contributed by atoms with Crippen LogP contribution in [-0.2, 0) is 11.3 Å². The van der Waals surface area contributed by atoms with Crippen molar-refractivity contribution in [1.29, 1.82) is 0 Å². The van der Waals surface area contributed by atoms with E-state index >= 15 is 0 Å². The Bertz CT molecular complexity index is 583. The zero-order valence-corrected chi connectivity index (χ0v) is 12.3. The molecule has 0 saturated heterocycles. The van der Waals surface area contributed by atoms with Gasteiger partial charge >= 0.3 is 0 Å². The lowest BCUT2D eigenvalue weighted by atomic mass is 10.2. The molecule has 6 heteroatoms. The first-order valence-corrected chi connectivity index (χ1v) is 7.05. The first-order valence-electron chi connectivity index (χ1n) is 6.23. The number of hydrogen-bond acceptors (Lipinski definition) is 5. The van der Waals surface area contributed by atoms with Crippen LogP contribution in [0.3, 0.4) is 0 Å². The maximum Gasteiger partial charge on any atom is 0.234 e. The first kappa shape index (κ1) is 14.5. The van der Waals surface area contributed by atoms with Crippen molar-refractivity contribution in [2.24, 2.45) is 0 Å². The largest absolute Gasteiger partial charge is 0.497 e. The fourth-order valence-corrected chi connectivity index (χ4v) is 2.54. The lowest BCUT2D eigenvalue weighted by Crippen LogP contribution is -2.31. The number of carbonyl (C=O) groups excluding carboxylic acids is 1. The lowest BCUT2D eigenvalue weighted by Gasteiger charge is -2.02. The van der Waals surface area contributed by atoms with E-state index in [1.165, 1.54) is 0 Å². The summed E-state index contributed by atoms with van der Waals surface area (Å²) in [6.07, 6.45) is 1.79. The number of methoxy groups -OCH3 is 1. The standard InChI is InChI=1S/C14H17N3O2S/c1-15-9-13(18)16-7-12-8-17-14(20-12)10-4-3-5-11(6-10)19-2/h3-6,8,15H,7,9H2,1-2H3,(H,16,18). The Morgan fingerprint density at radius 2 is 2.30 bits per heavy atom. The predicted octanol–water partition coefficient (Wildman–Crippen LogP) is 1.65. The minimum absolute atomic E-state index is 0.0242. The Balaban J connectivity index is 2.03. The second kappa shape index (κ2) is 7.02. The van der Waals surface area contributed by atoms with Gasteiger partial charge in [-0.3, -0.25) is 4.79 Å². The Labute approximate surface area is 122 Å². The fourth-order valence-electron chi connectivity index (χ4n) is 1.69. The van der Waals surface area contributed by atoms with Crippen molar-refractivity contribution in [2.75, 3.05) is 20.7 Å². The van der Waals surface area contributed by atoms with Gasteiger partial charge in [0.1, 0.15) is 10.8 Å². The van der Waals surface area contributed by atoms with E-state index in [1.807, 2.05) is 24.3 Å². The summed E-state index contributed by atoms with van der Waals surface area (Å²) in [5, 5.41) is 6.56. The van der Waals surface area contributed by atoms with Crippen LogP contribution in [-0.4, -0.2) is 31.6 Å². The summed E-state index contributed by atoms with van der Waals surface area (Å²) in [4.78, 5) is 16.8. The molecule has 0 unspecified atom stereocenters. The number of hydrogen-bond donors (Lipinski definition) is 2. The van der Waals surface area contributed by atoms with Gasteiger partial charge in [-0.25, -0.2) is 4.98 Å². The molecule has 2 N–H and O–H groups in total. The van der Waals surface area contributed by atoms with Crippen molar-refractivity contribution < 1.29 is 9.53 Å². The Morgan fingerprint density at radius 3 is 3.05 bits per heavy atom. The average Bonchev–Trinajstić information content (AvgIpc) is 2.94. The second-order valence-corrected chi connectivity index (χ2v) is 5.29. The van der Waals surface area contributed by atoms with Crippen LogP contribution in [0, 0.1) is 0 Å². The van der Waals surface area contributed by atoms with Crippen LogP contribution in [0.2, 0.25) is 0 Å². The summed E-state index contributed by atoms with van der Waals surface area (Å²) in [6, 6.07) is 7.77. The van der Waals surface area contributed by atoms with E-state index in [1.54, 1.807) is 31.7 Å². The van der Waals surface area contributed by atoms with E-state index < -0.39 is 0 Å². The van der Waals surface area contributed by atoms with Gasteiger partial charge < -0.3 is 15.4 Å². The number of rotatable bonds is 6. The monoisotopic (exact) mass is 291 g/mol. The van der Waals surface area contributed by atoms with E-state index in [-0.39, 0.29) is 5.91 Å². The van der Waals surface area contributed by atoms with Crippen LogP contribution >= 0.6 is 11.3 Å². The number of carbonyl (C=O) groups is 1. The van der Waals surface area contributed by atoms with Gasteiger partial charge in [-0.05, 0) is 19.2 Å². The van der Waals surface area contributed by atoms with Gasteiger partial charge in [0.05, 0.1) is 20.2 Å². The molecule has 0 fully saturated rings. The molecule has 0 radical (unpaired) electrons. The van der Waals surface area contributed by atoms with Gasteiger partial charge in [0.2, 0.25) is 5.91 Å². The number of aromatic nitrogens is 1. The van der Waals surface area contributed by atoms with Gasteiger partial charge in [-0.2, -0.15) is 0 Å². The van der Waals surface area contributed by atoms with Crippen molar-refractivity contribution >= 4 is 17.2 Å². The van der Waals surface area contributed by atoms with Gasteiger partial charge in [0, 0.05) is 16.6 Å². The Kier molecular flexibility index (Phi) is 5.09. The highest BCUT2D eigenvalue weighted by atomic mass is 32.1. The fraction of sp³-hybridized carbons (Fsp3) is 0.286. The highest BCUT2D eigenvalue weighted by Crippen LogP contribution is 2.27. The number of benzene rings is 1. The summed E-state index contributed by atoms with van der Waals surface area (Å²) in [5.74, 6) is 0.783. The van der Waals surface area contributed by atoms with Crippen LogP contribution < -0.4 is 15.4 Å². The van der Waals surface area contributed by atoms with Crippen molar-refractivity contribution in [3.05, 3.63) is 35.3 Å². The molecule has 1 aromatic heterocycles. The SMILES string of the molecule is CNCC(=O)NCc1cnc(-c2cccc(OC)c2)s1. The summed E-state index contributed by atoms with van der Waals surface area (Å²) < 4.78 is 5.20. The van der Waals surface area contributed by atoms with E-state index in [0.29, 0.717) is 13.1 Å². The molecule has 106 valence electrons. The van der Waals surface area contributed by atoms with E-state index in [0.717, 1.165) is 21.2 Å². The minimum Gasteiger partial charge on any atom is -0.497 e. The maximum atomic E-state index is 11.4. The highest BCUT2D eigenvalue weighted by Gasteiger charge is 2.07. The summed E-state index contributed by atoms with van der Waals surface area (Å²) in [7, 11) is 3.39. The van der Waals surface area contributed by atoms with Crippen LogP contribution in [0.4, 0.5) is 0 Å². The number of amides is 1. The summed E-state index contributed by atoms with van der Waals surface area (Å²) in [5.41, 5.74) is 1.02. The van der Waals surface area contributed by atoms with E-state index in [9.17, 15) is 4.79 Å². The van der Waals surface area contributed by atoms with Crippen molar-refractivity contribution in [3.8, 4) is 16.3 Å². The molecule has 0 aliphatic heterocycles. The smallest absolute Gasteiger partial charge is 0.234 e. The molecule has 1 amide bonds. The van der Waals surface area contributed by atoms with Crippen LogP contribution in [0.5, 0.6) is 5.75 Å². The number of nitrogens with one attached hydrogen (secondary N) is 2. The zero-order valence-electron chi connectivity index (χ0n) is 11.5. The van der Waals surface area contributed by atoms with Crippen molar-refractivity contribution in [1.82, 2.24) is 15.6 Å². The minimum atomic E-state index is -0.0242. The van der Waals surface area contributed by atoms with E-state index in [4.69, 9.17) is 4.74 Å². The van der Waals surface area contributed by atoms with E-state index in [2.05, 4.69) is 15.6 Å². The molecular weight excluding hydrogens is 274 g/mol. The second-order valence-electron chi connectivity index (χ2n) is 4.17. The lowest BCUT2D eigenvalue weighted by molar-refractivity contribution is -0.120. The third kappa shape index (κ3) is 3.79. The highest BCUT2D eigenvalue weighted by molar-refractivity contribution is 7.15. The molecule has 0 spiro atoms. The first-order chi connectivity index (χ1) is 9.72. The molecule has 0 aliphatic carbocycles. The number of likely N-dealkylation sites (N-methyl/N-ethyl adjacent to an activating group) is 1. The molecule has 5 nitrogen and oxygen atoms in total. The molecule has 20 heavy (non-hydrogen) atoms. The molecule has 1 aromatic carbocycles. The zero-order chi connectivity index (χ0) is 14.4. The van der Waals surface area contributed by atoms with Gasteiger partial charge in [0.25, 0.3) is 0 Å².